The van der Waals surface area contributed by atoms with E-state index in [2.05, 4.69) is 29.2 Å². The van der Waals surface area contributed by atoms with Crippen molar-refractivity contribution in [2.45, 2.75) is 44.9 Å². The number of para-hydroxylation sites is 1. The van der Waals surface area contributed by atoms with Gasteiger partial charge in [-0.05, 0) is 39.3 Å². The molecular formula is C16H22N2O2. The maximum Gasteiger partial charge on any atom is 0.410 e. The van der Waals surface area contributed by atoms with Gasteiger partial charge in [-0.15, -0.1) is 0 Å². The van der Waals surface area contributed by atoms with Gasteiger partial charge in [0.05, 0.1) is 12.1 Å². The Labute approximate surface area is 120 Å². The van der Waals surface area contributed by atoms with Crippen molar-refractivity contribution in [3.63, 3.8) is 0 Å². The molecule has 4 heteroatoms. The summed E-state index contributed by atoms with van der Waals surface area (Å²) in [7, 11) is 0. The molecule has 20 heavy (non-hydrogen) atoms. The average Bonchev–Trinajstić information content (AvgIpc) is 2.37. The number of fused-ring (bicyclic) bond motifs is 2. The topological polar surface area (TPSA) is 32.8 Å². The third-order valence-corrected chi connectivity index (χ3v) is 3.92. The van der Waals surface area contributed by atoms with Gasteiger partial charge in [0, 0.05) is 18.8 Å². The Hall–Kier alpha value is -1.71. The zero-order valence-corrected chi connectivity index (χ0v) is 12.4. The fourth-order valence-corrected chi connectivity index (χ4v) is 3.07. The molecule has 3 aliphatic rings. The highest BCUT2D eigenvalue weighted by atomic mass is 16.6. The summed E-state index contributed by atoms with van der Waals surface area (Å²) in [6, 6.07) is 11.0. The summed E-state index contributed by atoms with van der Waals surface area (Å²) >= 11 is 0. The highest BCUT2D eigenvalue weighted by molar-refractivity contribution is 5.71. The first kappa shape index (κ1) is 13.3. The van der Waals surface area contributed by atoms with Gasteiger partial charge in [-0.3, -0.25) is 4.90 Å². The second kappa shape index (κ2) is 4.69. The van der Waals surface area contributed by atoms with Gasteiger partial charge in [0.1, 0.15) is 5.60 Å². The van der Waals surface area contributed by atoms with Crippen LogP contribution in [0.4, 0.5) is 10.5 Å². The first-order valence-electron chi connectivity index (χ1n) is 7.25. The number of piperazine rings is 1. The van der Waals surface area contributed by atoms with E-state index in [9.17, 15) is 4.79 Å². The summed E-state index contributed by atoms with van der Waals surface area (Å²) in [4.78, 5) is 16.5. The molecule has 0 N–H and O–H groups in total. The number of rotatable bonds is 1. The monoisotopic (exact) mass is 274 g/mol. The maximum atomic E-state index is 12.2. The number of piperidine rings is 1. The first-order valence-corrected chi connectivity index (χ1v) is 7.25. The summed E-state index contributed by atoms with van der Waals surface area (Å²) < 4.78 is 5.49. The number of carbonyl (C=O) groups excluding carboxylic acids is 1. The van der Waals surface area contributed by atoms with E-state index in [1.165, 1.54) is 5.69 Å². The van der Waals surface area contributed by atoms with Crippen molar-refractivity contribution in [3.8, 4) is 0 Å². The highest BCUT2D eigenvalue weighted by Gasteiger charge is 2.48. The molecular weight excluding hydrogens is 252 g/mol. The van der Waals surface area contributed by atoms with Crippen molar-refractivity contribution in [3.05, 3.63) is 30.3 Å². The molecule has 2 unspecified atom stereocenters. The summed E-state index contributed by atoms with van der Waals surface area (Å²) in [5, 5.41) is 0. The van der Waals surface area contributed by atoms with Crippen LogP contribution in [0, 0.1) is 0 Å². The summed E-state index contributed by atoms with van der Waals surface area (Å²) in [6.45, 7) is 7.55. The molecule has 3 heterocycles. The lowest BCUT2D eigenvalue weighted by atomic mass is 9.87. The number of anilines is 1. The van der Waals surface area contributed by atoms with Gasteiger partial charge >= 0.3 is 6.09 Å². The van der Waals surface area contributed by atoms with E-state index >= 15 is 0 Å². The molecule has 2 atom stereocenters. The van der Waals surface area contributed by atoms with E-state index in [4.69, 9.17) is 4.74 Å². The van der Waals surface area contributed by atoms with Crippen LogP contribution >= 0.6 is 0 Å². The summed E-state index contributed by atoms with van der Waals surface area (Å²) in [5.41, 5.74) is 0.825. The minimum atomic E-state index is -0.417. The smallest absolute Gasteiger partial charge is 0.410 e. The molecule has 0 aliphatic carbocycles. The molecule has 0 spiro atoms. The fourth-order valence-electron chi connectivity index (χ4n) is 3.07. The SMILES string of the molecule is CC(C)(C)OC(=O)N1C2CC1CN(c1ccccc1)C2. The molecule has 3 aliphatic heterocycles. The standard InChI is InChI=1S/C16H22N2O2/c1-16(2,3)20-15(19)18-13-9-14(18)11-17(10-13)12-7-5-4-6-8-12/h4-8,13-14H,9-11H2,1-3H3. The van der Waals surface area contributed by atoms with E-state index < -0.39 is 5.60 Å². The Morgan fingerprint density at radius 1 is 1.15 bits per heavy atom. The first-order chi connectivity index (χ1) is 9.44. The van der Waals surface area contributed by atoms with Gasteiger partial charge in [0.2, 0.25) is 0 Å². The third-order valence-electron chi connectivity index (χ3n) is 3.92. The highest BCUT2D eigenvalue weighted by Crippen LogP contribution is 2.35. The van der Waals surface area contributed by atoms with Gasteiger partial charge in [-0.2, -0.15) is 0 Å². The van der Waals surface area contributed by atoms with Gasteiger partial charge in [-0.1, -0.05) is 18.2 Å². The predicted octanol–water partition coefficient (Wildman–Crippen LogP) is 2.88. The molecule has 1 aromatic rings. The second-order valence-electron chi connectivity index (χ2n) is 6.67. The van der Waals surface area contributed by atoms with Crippen LogP contribution in [0.5, 0.6) is 0 Å². The zero-order chi connectivity index (χ0) is 14.3. The lowest BCUT2D eigenvalue weighted by Gasteiger charge is -2.56. The minimum Gasteiger partial charge on any atom is -0.444 e. The second-order valence-corrected chi connectivity index (χ2v) is 6.67. The van der Waals surface area contributed by atoms with Gasteiger partial charge in [-0.25, -0.2) is 4.79 Å². The molecule has 0 radical (unpaired) electrons. The Balaban J connectivity index is 1.64. The van der Waals surface area contributed by atoms with Crippen molar-refractivity contribution in [1.82, 2.24) is 4.90 Å². The van der Waals surface area contributed by atoms with Crippen molar-refractivity contribution in [2.24, 2.45) is 0 Å². The Bertz CT molecular complexity index is 483. The van der Waals surface area contributed by atoms with E-state index in [0.717, 1.165) is 19.5 Å². The number of amides is 1. The third kappa shape index (κ3) is 2.47. The lowest BCUT2D eigenvalue weighted by molar-refractivity contribution is -0.0379. The number of carbonyl (C=O) groups is 1. The quantitative estimate of drug-likeness (QED) is 0.789. The molecule has 0 saturated carbocycles. The number of nitrogens with zero attached hydrogens (tertiary/aromatic N) is 2. The minimum absolute atomic E-state index is 0.161. The van der Waals surface area contributed by atoms with Crippen molar-refractivity contribution >= 4 is 11.8 Å². The molecule has 2 bridgehead atoms. The van der Waals surface area contributed by atoms with E-state index in [-0.39, 0.29) is 6.09 Å². The van der Waals surface area contributed by atoms with Crippen molar-refractivity contribution in [2.75, 3.05) is 18.0 Å². The fraction of sp³-hybridized carbons (Fsp3) is 0.562. The van der Waals surface area contributed by atoms with Crippen LogP contribution < -0.4 is 4.90 Å². The molecule has 1 aromatic carbocycles. The van der Waals surface area contributed by atoms with E-state index in [1.54, 1.807) is 0 Å². The predicted molar refractivity (Wildman–Crippen MR) is 78.9 cm³/mol. The molecule has 0 aromatic heterocycles. The Kier molecular flexibility index (Phi) is 3.11. The van der Waals surface area contributed by atoms with Crippen LogP contribution in [0.3, 0.4) is 0 Å². The normalized spacial score (nSPS) is 25.1. The number of hydrogen-bond acceptors (Lipinski definition) is 3. The zero-order valence-electron chi connectivity index (χ0n) is 12.4. The molecule has 108 valence electrons. The van der Waals surface area contributed by atoms with Gasteiger partial charge in [0.25, 0.3) is 0 Å². The molecule has 4 nitrogen and oxygen atoms in total. The summed E-state index contributed by atoms with van der Waals surface area (Å²) in [6.07, 6.45) is 0.939. The Morgan fingerprint density at radius 3 is 2.30 bits per heavy atom. The molecule has 3 fully saturated rings. The van der Waals surface area contributed by atoms with Gasteiger partial charge in [0.15, 0.2) is 0 Å². The molecule has 1 amide bonds. The van der Waals surface area contributed by atoms with Crippen molar-refractivity contribution < 1.29 is 9.53 Å². The van der Waals surface area contributed by atoms with Crippen LogP contribution in [0.2, 0.25) is 0 Å². The molecule has 4 rings (SSSR count). The van der Waals surface area contributed by atoms with Crippen LogP contribution in [-0.4, -0.2) is 41.8 Å². The van der Waals surface area contributed by atoms with Crippen LogP contribution in [0.25, 0.3) is 0 Å². The number of benzene rings is 1. The largest absolute Gasteiger partial charge is 0.444 e. The van der Waals surface area contributed by atoms with E-state index in [1.807, 2.05) is 31.7 Å². The lowest BCUT2D eigenvalue weighted by Crippen LogP contribution is -2.70. The Morgan fingerprint density at radius 2 is 1.75 bits per heavy atom. The number of ether oxygens (including phenoxy) is 1. The van der Waals surface area contributed by atoms with Crippen LogP contribution in [0.1, 0.15) is 27.2 Å². The molecule has 3 saturated heterocycles. The maximum absolute atomic E-state index is 12.2. The van der Waals surface area contributed by atoms with Crippen LogP contribution in [-0.2, 0) is 4.74 Å². The van der Waals surface area contributed by atoms with Crippen molar-refractivity contribution in [1.29, 1.82) is 0 Å². The van der Waals surface area contributed by atoms with Crippen LogP contribution in [0.15, 0.2) is 30.3 Å². The van der Waals surface area contributed by atoms with E-state index in [0.29, 0.717) is 12.1 Å². The summed E-state index contributed by atoms with van der Waals surface area (Å²) in [5.74, 6) is 0. The van der Waals surface area contributed by atoms with Gasteiger partial charge < -0.3 is 9.64 Å². The average molecular weight is 274 g/mol. The number of hydrogen-bond donors (Lipinski definition) is 0.